The molecule has 1 fully saturated rings. The molecular weight excluding hydrogens is 228 g/mol. The summed E-state index contributed by atoms with van der Waals surface area (Å²) in [7, 11) is 3.77. The fourth-order valence-electron chi connectivity index (χ4n) is 1.43. The third-order valence-electron chi connectivity index (χ3n) is 2.28. The number of rotatable bonds is 3. The molecule has 0 aromatic rings. The topological polar surface area (TPSA) is 32.3 Å². The molecule has 1 aliphatic rings. The van der Waals surface area contributed by atoms with Crippen molar-refractivity contribution in [3.05, 3.63) is 0 Å². The first-order valence-corrected chi connectivity index (χ1v) is 8.05. The summed E-state index contributed by atoms with van der Waals surface area (Å²) in [5, 5.41) is 2.94. The summed E-state index contributed by atoms with van der Waals surface area (Å²) in [6.45, 7) is 5.65. The third-order valence-corrected chi connectivity index (χ3v) is 4.66. The molecule has 0 saturated carbocycles. The molecule has 0 aliphatic carbocycles. The fourth-order valence-corrected chi connectivity index (χ4v) is 3.36. The lowest BCUT2D eigenvalue weighted by Gasteiger charge is -2.22. The van der Waals surface area contributed by atoms with E-state index in [4.69, 9.17) is 0 Å². The van der Waals surface area contributed by atoms with E-state index in [2.05, 4.69) is 17.1 Å². The lowest BCUT2D eigenvalue weighted by Crippen LogP contribution is -2.40. The zero-order valence-corrected chi connectivity index (χ0v) is 11.0. The molecule has 0 atom stereocenters. The molecular formula is C10H20N2OS2. The zero-order valence-electron chi connectivity index (χ0n) is 9.33. The number of amides is 1. The molecule has 5 heteroatoms. The second kappa shape index (κ2) is 8.30. The molecule has 0 unspecified atom stereocenters. The Kier molecular flexibility index (Phi) is 7.30. The van der Waals surface area contributed by atoms with E-state index in [-0.39, 0.29) is 5.91 Å². The predicted octanol–water partition coefficient (Wildman–Crippen LogP) is 1.60. The van der Waals surface area contributed by atoms with Gasteiger partial charge in [-0.3, -0.25) is 9.69 Å². The molecule has 1 saturated heterocycles. The van der Waals surface area contributed by atoms with Crippen molar-refractivity contribution < 1.29 is 4.79 Å². The first-order chi connectivity index (χ1) is 7.33. The van der Waals surface area contributed by atoms with Crippen LogP contribution < -0.4 is 5.32 Å². The standard InChI is InChI=1S/C10H20N2OS2/c1-2-3-5-12-6-8-15-14-7-4-11-10(13)9-12/h2-9H2,1H3,(H,11,13). The van der Waals surface area contributed by atoms with Crippen LogP contribution in [0.4, 0.5) is 0 Å². The number of nitrogens with zero attached hydrogens (tertiary/aromatic N) is 1. The highest BCUT2D eigenvalue weighted by Gasteiger charge is 2.11. The summed E-state index contributed by atoms with van der Waals surface area (Å²) in [5.74, 6) is 2.33. The maximum atomic E-state index is 11.5. The van der Waals surface area contributed by atoms with E-state index in [0.29, 0.717) is 6.54 Å². The van der Waals surface area contributed by atoms with Crippen molar-refractivity contribution in [1.82, 2.24) is 10.2 Å². The number of carbonyl (C=O) groups is 1. The van der Waals surface area contributed by atoms with Crippen LogP contribution in [0.15, 0.2) is 0 Å². The smallest absolute Gasteiger partial charge is 0.234 e. The lowest BCUT2D eigenvalue weighted by atomic mass is 10.3. The van der Waals surface area contributed by atoms with Crippen LogP contribution in [0.3, 0.4) is 0 Å². The predicted molar refractivity (Wildman–Crippen MR) is 69.3 cm³/mol. The molecule has 1 aliphatic heterocycles. The molecule has 1 heterocycles. The maximum absolute atomic E-state index is 11.5. The summed E-state index contributed by atoms with van der Waals surface area (Å²) < 4.78 is 0. The van der Waals surface area contributed by atoms with Crippen LogP contribution in [-0.2, 0) is 4.79 Å². The molecule has 0 spiro atoms. The van der Waals surface area contributed by atoms with Crippen LogP contribution in [0.5, 0.6) is 0 Å². The van der Waals surface area contributed by atoms with E-state index < -0.39 is 0 Å². The third kappa shape index (κ3) is 6.33. The molecule has 0 bridgehead atoms. The summed E-state index contributed by atoms with van der Waals surface area (Å²) in [4.78, 5) is 13.8. The number of unbranched alkanes of at least 4 members (excludes halogenated alkanes) is 1. The minimum atomic E-state index is 0.179. The Balaban J connectivity index is 2.32. The first-order valence-electron chi connectivity index (χ1n) is 5.56. The van der Waals surface area contributed by atoms with E-state index in [1.54, 1.807) is 0 Å². The highest BCUT2D eigenvalue weighted by molar-refractivity contribution is 8.76. The average molecular weight is 248 g/mol. The monoisotopic (exact) mass is 248 g/mol. The lowest BCUT2D eigenvalue weighted by molar-refractivity contribution is -0.122. The first kappa shape index (κ1) is 13.2. The number of carbonyl (C=O) groups excluding carboxylic acids is 1. The van der Waals surface area contributed by atoms with Crippen molar-refractivity contribution in [3.8, 4) is 0 Å². The van der Waals surface area contributed by atoms with Crippen molar-refractivity contribution in [1.29, 1.82) is 0 Å². The van der Waals surface area contributed by atoms with Gasteiger partial charge < -0.3 is 5.32 Å². The van der Waals surface area contributed by atoms with Gasteiger partial charge in [0.05, 0.1) is 6.54 Å². The second-order valence-electron chi connectivity index (χ2n) is 3.62. The van der Waals surface area contributed by atoms with Crippen molar-refractivity contribution in [2.75, 3.05) is 37.7 Å². The van der Waals surface area contributed by atoms with Gasteiger partial charge in [0.15, 0.2) is 0 Å². The normalized spacial score (nSPS) is 21.0. The molecule has 1 amide bonds. The van der Waals surface area contributed by atoms with Gasteiger partial charge in [-0.15, -0.1) is 0 Å². The summed E-state index contributed by atoms with van der Waals surface area (Å²) in [6.07, 6.45) is 2.38. The molecule has 0 aromatic heterocycles. The van der Waals surface area contributed by atoms with Gasteiger partial charge in [0, 0.05) is 24.6 Å². The highest BCUT2D eigenvalue weighted by atomic mass is 33.1. The van der Waals surface area contributed by atoms with Crippen molar-refractivity contribution >= 4 is 27.5 Å². The van der Waals surface area contributed by atoms with Crippen LogP contribution in [0.1, 0.15) is 19.8 Å². The molecule has 0 radical (unpaired) electrons. The van der Waals surface area contributed by atoms with Crippen LogP contribution in [-0.4, -0.2) is 48.5 Å². The highest BCUT2D eigenvalue weighted by Crippen LogP contribution is 2.20. The fraction of sp³-hybridized carbons (Fsp3) is 0.900. The van der Waals surface area contributed by atoms with Gasteiger partial charge in [-0.1, -0.05) is 34.9 Å². The SMILES string of the molecule is CCCCN1CCSSCCNC(=O)C1. The Morgan fingerprint density at radius 3 is 3.00 bits per heavy atom. The quantitative estimate of drug-likeness (QED) is 0.769. The molecule has 3 nitrogen and oxygen atoms in total. The molecule has 1 N–H and O–H groups in total. The number of hydrogen-bond acceptors (Lipinski definition) is 4. The second-order valence-corrected chi connectivity index (χ2v) is 6.33. The largest absolute Gasteiger partial charge is 0.354 e. The molecule has 15 heavy (non-hydrogen) atoms. The van der Waals surface area contributed by atoms with Crippen molar-refractivity contribution in [2.45, 2.75) is 19.8 Å². The van der Waals surface area contributed by atoms with Gasteiger partial charge in [-0.05, 0) is 13.0 Å². The van der Waals surface area contributed by atoms with Gasteiger partial charge >= 0.3 is 0 Å². The number of hydrogen-bond donors (Lipinski definition) is 1. The van der Waals surface area contributed by atoms with Gasteiger partial charge in [0.1, 0.15) is 0 Å². The van der Waals surface area contributed by atoms with Gasteiger partial charge in [0.2, 0.25) is 5.91 Å². The van der Waals surface area contributed by atoms with Crippen molar-refractivity contribution in [3.63, 3.8) is 0 Å². The minimum Gasteiger partial charge on any atom is -0.354 e. The Morgan fingerprint density at radius 1 is 1.40 bits per heavy atom. The number of nitrogens with one attached hydrogen (secondary N) is 1. The Hall–Kier alpha value is 0.130. The van der Waals surface area contributed by atoms with Crippen molar-refractivity contribution in [2.24, 2.45) is 0 Å². The van der Waals surface area contributed by atoms with E-state index in [0.717, 1.165) is 31.1 Å². The molecule has 88 valence electrons. The van der Waals surface area contributed by atoms with Gasteiger partial charge in [0.25, 0.3) is 0 Å². The van der Waals surface area contributed by atoms with E-state index in [1.165, 1.54) is 12.8 Å². The van der Waals surface area contributed by atoms with E-state index >= 15 is 0 Å². The summed E-state index contributed by atoms with van der Waals surface area (Å²) in [5.41, 5.74) is 0. The zero-order chi connectivity index (χ0) is 10.9. The molecule has 1 rings (SSSR count). The van der Waals surface area contributed by atoms with E-state index in [9.17, 15) is 4.79 Å². The molecule has 0 aromatic carbocycles. The minimum absolute atomic E-state index is 0.179. The average Bonchev–Trinajstić information content (AvgIpc) is 2.24. The van der Waals surface area contributed by atoms with Gasteiger partial charge in [-0.25, -0.2) is 0 Å². The van der Waals surface area contributed by atoms with Crippen LogP contribution >= 0.6 is 21.6 Å². The van der Waals surface area contributed by atoms with Crippen LogP contribution in [0.25, 0.3) is 0 Å². The summed E-state index contributed by atoms with van der Waals surface area (Å²) >= 11 is 0. The Labute approximate surface area is 100 Å². The Bertz CT molecular complexity index is 190. The van der Waals surface area contributed by atoms with Crippen LogP contribution in [0.2, 0.25) is 0 Å². The Morgan fingerprint density at radius 2 is 2.20 bits per heavy atom. The van der Waals surface area contributed by atoms with Crippen LogP contribution in [0, 0.1) is 0 Å². The summed E-state index contributed by atoms with van der Waals surface area (Å²) in [6, 6.07) is 0. The van der Waals surface area contributed by atoms with Gasteiger partial charge in [-0.2, -0.15) is 0 Å². The van der Waals surface area contributed by atoms with E-state index in [1.807, 2.05) is 21.6 Å². The maximum Gasteiger partial charge on any atom is 0.234 e.